The van der Waals surface area contributed by atoms with Crippen LogP contribution in [-0.4, -0.2) is 18.8 Å². The minimum atomic E-state index is -0.106. The van der Waals surface area contributed by atoms with Gasteiger partial charge in [0, 0.05) is 32.3 Å². The van der Waals surface area contributed by atoms with Gasteiger partial charge in [-0.1, -0.05) is 44.7 Å². The monoisotopic (exact) mass is 458 g/mol. The van der Waals surface area contributed by atoms with Crippen LogP contribution in [0.15, 0.2) is 70.8 Å². The van der Waals surface area contributed by atoms with Gasteiger partial charge in [0.25, 0.3) is 11.1 Å². The molecule has 35 heavy (non-hydrogen) atoms. The Morgan fingerprint density at radius 3 is 2.06 bits per heavy atom. The Bertz CT molecular complexity index is 2250. The number of aromatic nitrogens is 4. The second kappa shape index (κ2) is 6.73. The molecule has 6 heteroatoms. The molecule has 170 valence electrons. The summed E-state index contributed by atoms with van der Waals surface area (Å²) in [6.45, 7) is 8.02. The van der Waals surface area contributed by atoms with Crippen molar-refractivity contribution >= 4 is 66.8 Å². The Balaban J connectivity index is 1.81. The van der Waals surface area contributed by atoms with Gasteiger partial charge in [0.05, 0.1) is 21.7 Å². The van der Waals surface area contributed by atoms with Gasteiger partial charge in [0.1, 0.15) is 11.3 Å². The van der Waals surface area contributed by atoms with Gasteiger partial charge in [-0.25, -0.2) is 0 Å². The molecule has 0 aliphatic heterocycles. The first kappa shape index (κ1) is 19.9. The lowest BCUT2D eigenvalue weighted by molar-refractivity contribution is 0.871. The lowest BCUT2D eigenvalue weighted by Crippen LogP contribution is -2.33. The highest BCUT2D eigenvalue weighted by Crippen LogP contribution is 2.35. The Morgan fingerprint density at radius 1 is 0.800 bits per heavy atom. The first-order valence-corrected chi connectivity index (χ1v) is 11.7. The number of nitrogens with zero attached hydrogens (tertiary/aromatic N) is 2. The van der Waals surface area contributed by atoms with E-state index in [0.29, 0.717) is 16.4 Å². The van der Waals surface area contributed by atoms with Crippen LogP contribution in [0.2, 0.25) is 0 Å². The maximum absolute atomic E-state index is 13.9. The van der Waals surface area contributed by atoms with E-state index in [-0.39, 0.29) is 17.0 Å². The molecule has 0 atom stereocenters. The van der Waals surface area contributed by atoms with E-state index in [1.807, 2.05) is 54.6 Å². The number of benzene rings is 3. The van der Waals surface area contributed by atoms with Gasteiger partial charge in [-0.3, -0.25) is 18.4 Å². The number of fused-ring (bicyclic) bond motifs is 6. The highest BCUT2D eigenvalue weighted by atomic mass is 16.1. The second-order valence-corrected chi connectivity index (χ2v) is 9.43. The normalized spacial score (nSPS) is 13.8. The molecule has 0 amide bonds. The summed E-state index contributed by atoms with van der Waals surface area (Å²) >= 11 is 0. The van der Waals surface area contributed by atoms with Gasteiger partial charge in [-0.15, -0.1) is 0 Å². The van der Waals surface area contributed by atoms with Gasteiger partial charge in [0.2, 0.25) is 0 Å². The Hall–Kier alpha value is -4.58. The molecule has 4 aromatic heterocycles. The zero-order valence-corrected chi connectivity index (χ0v) is 19.3. The van der Waals surface area contributed by atoms with Crippen LogP contribution in [0.3, 0.4) is 0 Å². The molecule has 2 N–H and O–H groups in total. The minimum Gasteiger partial charge on any atom is -0.339 e. The van der Waals surface area contributed by atoms with Crippen molar-refractivity contribution in [2.75, 3.05) is 0 Å². The minimum absolute atomic E-state index is 0.0967. The first-order valence-electron chi connectivity index (χ1n) is 11.7. The molecule has 3 aromatic carbocycles. The number of rotatable bonds is 2. The molecule has 7 aromatic rings. The van der Waals surface area contributed by atoms with E-state index in [1.165, 1.54) is 0 Å². The maximum atomic E-state index is 13.9. The molecule has 6 nitrogen and oxygen atoms in total. The van der Waals surface area contributed by atoms with Crippen molar-refractivity contribution in [1.82, 2.24) is 18.8 Å². The lowest BCUT2D eigenvalue weighted by Gasteiger charge is -2.12. The van der Waals surface area contributed by atoms with Crippen LogP contribution in [0.25, 0.3) is 66.8 Å². The summed E-state index contributed by atoms with van der Waals surface area (Å²) in [4.78, 5) is 34.5. The molecule has 0 aliphatic rings. The third-order valence-corrected chi connectivity index (χ3v) is 6.93. The van der Waals surface area contributed by atoms with E-state index in [2.05, 4.69) is 36.5 Å². The molecular formula is C29H22N4O2. The number of allylic oxidation sites excluding steroid dienone is 1. The average molecular weight is 459 g/mol. The molecule has 0 saturated heterocycles. The maximum Gasteiger partial charge on any atom is 0.264 e. The highest BCUT2D eigenvalue weighted by molar-refractivity contribution is 6.27. The second-order valence-electron chi connectivity index (χ2n) is 9.43. The summed E-state index contributed by atoms with van der Waals surface area (Å²) in [7, 11) is 0. The Kier molecular flexibility index (Phi) is 3.82. The predicted molar refractivity (Wildman–Crippen MR) is 144 cm³/mol. The fourth-order valence-electron chi connectivity index (χ4n) is 5.58. The van der Waals surface area contributed by atoms with E-state index >= 15 is 0 Å². The van der Waals surface area contributed by atoms with Crippen molar-refractivity contribution in [3.8, 4) is 0 Å². The van der Waals surface area contributed by atoms with E-state index in [4.69, 9.17) is 0 Å². The SMILES string of the molecule is C=C/C=c1/[nH]c2c3ccc4c(=O)n5c6ccccc6[nH]c5c5ccc(c(=O)n2/c1=C/C(C)C)c3c45. The molecular weight excluding hydrogens is 436 g/mol. The highest BCUT2D eigenvalue weighted by Gasteiger charge is 2.21. The van der Waals surface area contributed by atoms with Crippen LogP contribution in [-0.2, 0) is 0 Å². The fourth-order valence-corrected chi connectivity index (χ4v) is 5.58. The molecule has 0 radical (unpaired) electrons. The van der Waals surface area contributed by atoms with Crippen molar-refractivity contribution in [3.05, 3.63) is 92.6 Å². The zero-order chi connectivity index (χ0) is 24.0. The Labute approximate surface area is 198 Å². The average Bonchev–Trinajstić information content (AvgIpc) is 3.40. The van der Waals surface area contributed by atoms with Crippen molar-refractivity contribution < 1.29 is 0 Å². The summed E-state index contributed by atoms with van der Waals surface area (Å²) in [5, 5.41) is 6.29. The quantitative estimate of drug-likeness (QED) is 0.384. The molecule has 0 aliphatic carbocycles. The largest absolute Gasteiger partial charge is 0.339 e. The molecule has 4 heterocycles. The third-order valence-electron chi connectivity index (χ3n) is 6.93. The summed E-state index contributed by atoms with van der Waals surface area (Å²) in [6, 6.07) is 15.5. The number of aromatic amines is 2. The van der Waals surface area contributed by atoms with Crippen LogP contribution in [0, 0.1) is 5.92 Å². The number of hydrogen-bond donors (Lipinski definition) is 2. The Morgan fingerprint density at radius 2 is 1.40 bits per heavy atom. The number of imidazole rings is 2. The van der Waals surface area contributed by atoms with Gasteiger partial charge in [-0.2, -0.15) is 0 Å². The third kappa shape index (κ3) is 2.43. The number of H-pyrrole nitrogens is 2. The summed E-state index contributed by atoms with van der Waals surface area (Å²) in [5.41, 5.74) is 2.98. The summed E-state index contributed by atoms with van der Waals surface area (Å²) in [5.74, 6) is 0.249. The number of nitrogens with one attached hydrogen (secondary N) is 2. The fraction of sp³-hybridized carbons (Fsp3) is 0.103. The number of pyridine rings is 2. The topological polar surface area (TPSA) is 74.5 Å². The van der Waals surface area contributed by atoms with Crippen LogP contribution >= 0.6 is 0 Å². The number of para-hydroxylation sites is 2. The van der Waals surface area contributed by atoms with Crippen molar-refractivity contribution in [2.45, 2.75) is 13.8 Å². The van der Waals surface area contributed by atoms with Gasteiger partial charge in [0.15, 0.2) is 0 Å². The van der Waals surface area contributed by atoms with Crippen LogP contribution in [0.4, 0.5) is 0 Å². The van der Waals surface area contributed by atoms with E-state index in [1.54, 1.807) is 14.9 Å². The van der Waals surface area contributed by atoms with E-state index < -0.39 is 0 Å². The van der Waals surface area contributed by atoms with Crippen molar-refractivity contribution in [1.29, 1.82) is 0 Å². The van der Waals surface area contributed by atoms with Crippen molar-refractivity contribution in [3.63, 3.8) is 0 Å². The summed E-state index contributed by atoms with van der Waals surface area (Å²) in [6.07, 6.45) is 5.68. The van der Waals surface area contributed by atoms with Gasteiger partial charge in [-0.05, 0) is 48.4 Å². The molecule has 0 saturated carbocycles. The first-order chi connectivity index (χ1) is 17.0. The van der Waals surface area contributed by atoms with Crippen LogP contribution in [0.5, 0.6) is 0 Å². The zero-order valence-electron chi connectivity index (χ0n) is 19.3. The van der Waals surface area contributed by atoms with Crippen LogP contribution in [0.1, 0.15) is 13.8 Å². The van der Waals surface area contributed by atoms with E-state index in [9.17, 15) is 9.59 Å². The molecule has 0 unspecified atom stereocenters. The van der Waals surface area contributed by atoms with Gasteiger partial charge < -0.3 is 9.97 Å². The van der Waals surface area contributed by atoms with Crippen molar-refractivity contribution in [2.24, 2.45) is 5.92 Å². The molecule has 0 bridgehead atoms. The van der Waals surface area contributed by atoms with E-state index in [0.717, 1.165) is 48.9 Å². The molecule has 0 fully saturated rings. The number of hydrogen-bond acceptors (Lipinski definition) is 2. The molecule has 0 spiro atoms. The molecule has 7 rings (SSSR count). The van der Waals surface area contributed by atoms with Gasteiger partial charge >= 0.3 is 0 Å². The van der Waals surface area contributed by atoms with Crippen LogP contribution < -0.4 is 21.8 Å². The summed E-state index contributed by atoms with van der Waals surface area (Å²) < 4.78 is 3.49. The standard InChI is InChI=1S/C29H22N4O2/c1-4-7-20-23(14-15(2)3)33-27(30-20)17-11-12-18-24-16(10-13-19(25(17)24)29(33)35)26-31-21-8-5-6-9-22(21)32(26)28(18)34/h4-15,30-31H,1H2,2-3H3/b20-7+,23-14+. The lowest BCUT2D eigenvalue weighted by atomic mass is 9.96. The predicted octanol–water partition coefficient (Wildman–Crippen LogP) is 4.02. The smallest absolute Gasteiger partial charge is 0.264 e.